The van der Waals surface area contributed by atoms with Gasteiger partial charge in [0.1, 0.15) is 12.1 Å². The fourth-order valence-electron chi connectivity index (χ4n) is 2.24. The van der Waals surface area contributed by atoms with Gasteiger partial charge < -0.3 is 10.6 Å². The summed E-state index contributed by atoms with van der Waals surface area (Å²) in [4.78, 5) is 21.8. The Balaban J connectivity index is 1.97. The quantitative estimate of drug-likeness (QED) is 0.283. The molecule has 0 spiro atoms. The Morgan fingerprint density at radius 1 is 0.967 bits per heavy atom. The molecule has 2 N–H and O–H groups in total. The van der Waals surface area contributed by atoms with Gasteiger partial charge in [-0.3, -0.25) is 10.1 Å². The van der Waals surface area contributed by atoms with Crippen molar-refractivity contribution in [2.24, 2.45) is 0 Å². The van der Waals surface area contributed by atoms with E-state index in [2.05, 4.69) is 25.6 Å². The first-order valence-corrected chi connectivity index (χ1v) is 8.53. The molecular weight excluding hydrogens is 455 g/mol. The molecule has 0 aliphatic heterocycles. The minimum atomic E-state index is -4.66. The molecule has 0 bridgehead atoms. The van der Waals surface area contributed by atoms with Gasteiger partial charge in [0.25, 0.3) is 0 Å². The monoisotopic (exact) mass is 462 g/mol. The number of nitrogens with one attached hydrogen (secondary N) is 2. The number of nitrogens with zero attached hydrogens (tertiary/aromatic N) is 4. The third kappa shape index (κ3) is 4.66. The summed E-state index contributed by atoms with van der Waals surface area (Å²) in [5.74, 6) is -1.66. The standard InChI is InChI=1S/C16H8Cl2F4N6O2/c17-9-4-8(1-2-11(9)19)26-14-12(28(29)30)15(25-6-24-14)27-13-10(18)3-7(5-23-13)16(20,21)22/h1-6H,(H2,23,24,25,26,27). The molecule has 0 atom stereocenters. The molecule has 0 radical (unpaired) electrons. The Hall–Kier alpha value is -3.25. The second-order valence-electron chi connectivity index (χ2n) is 5.61. The van der Waals surface area contributed by atoms with Gasteiger partial charge in [-0.1, -0.05) is 23.2 Å². The van der Waals surface area contributed by atoms with Gasteiger partial charge in [0, 0.05) is 11.9 Å². The molecule has 156 valence electrons. The second kappa shape index (κ2) is 8.24. The van der Waals surface area contributed by atoms with Crippen molar-refractivity contribution in [2.75, 3.05) is 10.6 Å². The molecule has 0 saturated heterocycles. The van der Waals surface area contributed by atoms with Crippen LogP contribution in [0, 0.1) is 15.9 Å². The van der Waals surface area contributed by atoms with Crippen molar-refractivity contribution in [3.63, 3.8) is 0 Å². The third-order valence-corrected chi connectivity index (χ3v) is 4.17. The van der Waals surface area contributed by atoms with Crippen molar-refractivity contribution in [3.05, 3.63) is 68.3 Å². The molecule has 0 fully saturated rings. The topological polar surface area (TPSA) is 106 Å². The lowest BCUT2D eigenvalue weighted by atomic mass is 10.2. The van der Waals surface area contributed by atoms with Gasteiger partial charge in [-0.15, -0.1) is 0 Å². The average Bonchev–Trinajstić information content (AvgIpc) is 2.65. The molecule has 8 nitrogen and oxygen atoms in total. The number of anilines is 4. The van der Waals surface area contributed by atoms with Crippen LogP contribution in [0.5, 0.6) is 0 Å². The summed E-state index contributed by atoms with van der Waals surface area (Å²) in [7, 11) is 0. The first kappa shape index (κ1) is 21.5. The summed E-state index contributed by atoms with van der Waals surface area (Å²) < 4.78 is 51.5. The fraction of sp³-hybridized carbons (Fsp3) is 0.0625. The molecule has 0 aliphatic carbocycles. The maximum atomic E-state index is 13.3. The Labute approximate surface area is 175 Å². The van der Waals surface area contributed by atoms with Gasteiger partial charge in [0.15, 0.2) is 5.82 Å². The van der Waals surface area contributed by atoms with Gasteiger partial charge in [-0.05, 0) is 24.3 Å². The van der Waals surface area contributed by atoms with Crippen LogP contribution in [0.3, 0.4) is 0 Å². The summed E-state index contributed by atoms with van der Waals surface area (Å²) in [5, 5.41) is 15.9. The molecule has 3 aromatic rings. The lowest BCUT2D eigenvalue weighted by molar-refractivity contribution is -0.383. The molecule has 0 aliphatic rings. The predicted octanol–water partition coefficient (Wildman–Crippen LogP) is 5.73. The fourth-order valence-corrected chi connectivity index (χ4v) is 2.64. The number of halogens is 6. The van der Waals surface area contributed by atoms with E-state index in [0.717, 1.165) is 12.4 Å². The van der Waals surface area contributed by atoms with Crippen LogP contribution in [-0.2, 0) is 6.18 Å². The third-order valence-electron chi connectivity index (χ3n) is 3.59. The number of rotatable bonds is 5. The highest BCUT2D eigenvalue weighted by Gasteiger charge is 2.32. The highest BCUT2D eigenvalue weighted by molar-refractivity contribution is 6.33. The maximum Gasteiger partial charge on any atom is 0.417 e. The van der Waals surface area contributed by atoms with Crippen LogP contribution in [0.1, 0.15) is 5.56 Å². The van der Waals surface area contributed by atoms with Gasteiger partial charge in [0.2, 0.25) is 11.6 Å². The Kier molecular flexibility index (Phi) is 5.89. The van der Waals surface area contributed by atoms with Crippen LogP contribution >= 0.6 is 23.2 Å². The van der Waals surface area contributed by atoms with Crippen LogP contribution in [0.4, 0.5) is 46.4 Å². The van der Waals surface area contributed by atoms with Crippen molar-refractivity contribution in [2.45, 2.75) is 6.18 Å². The molecule has 2 aromatic heterocycles. The molecule has 1 aromatic carbocycles. The van der Waals surface area contributed by atoms with Gasteiger partial charge in [-0.2, -0.15) is 13.2 Å². The molecular formula is C16H8Cl2F4N6O2. The number of hydrogen-bond donors (Lipinski definition) is 2. The first-order chi connectivity index (χ1) is 14.1. The summed E-state index contributed by atoms with van der Waals surface area (Å²) >= 11 is 11.5. The number of aromatic nitrogens is 3. The van der Waals surface area contributed by atoms with Crippen molar-refractivity contribution in [3.8, 4) is 0 Å². The van der Waals surface area contributed by atoms with Crippen molar-refractivity contribution in [1.29, 1.82) is 0 Å². The largest absolute Gasteiger partial charge is 0.417 e. The zero-order valence-electron chi connectivity index (χ0n) is 14.3. The van der Waals surface area contributed by atoms with Crippen molar-refractivity contribution >= 4 is 52.0 Å². The zero-order valence-corrected chi connectivity index (χ0v) is 15.8. The van der Waals surface area contributed by atoms with E-state index in [-0.39, 0.29) is 28.2 Å². The Morgan fingerprint density at radius 3 is 2.20 bits per heavy atom. The van der Waals surface area contributed by atoms with Crippen LogP contribution in [-0.4, -0.2) is 19.9 Å². The van der Waals surface area contributed by atoms with Crippen molar-refractivity contribution in [1.82, 2.24) is 15.0 Å². The lowest BCUT2D eigenvalue weighted by Crippen LogP contribution is -2.08. The van der Waals surface area contributed by atoms with E-state index in [1.807, 2.05) is 0 Å². The van der Waals surface area contributed by atoms with Crippen molar-refractivity contribution < 1.29 is 22.5 Å². The smallest absolute Gasteiger partial charge is 0.334 e. The molecule has 0 amide bonds. The minimum absolute atomic E-state index is 0.194. The van der Waals surface area contributed by atoms with E-state index < -0.39 is 33.2 Å². The zero-order chi connectivity index (χ0) is 22.1. The second-order valence-corrected chi connectivity index (χ2v) is 6.42. The van der Waals surface area contributed by atoms with Crippen LogP contribution in [0.25, 0.3) is 0 Å². The first-order valence-electron chi connectivity index (χ1n) is 7.77. The summed E-state index contributed by atoms with van der Waals surface area (Å²) in [6, 6.07) is 4.12. The van der Waals surface area contributed by atoms with E-state index in [1.165, 1.54) is 12.1 Å². The number of nitro groups is 1. The molecule has 3 rings (SSSR count). The predicted molar refractivity (Wildman–Crippen MR) is 101 cm³/mol. The summed E-state index contributed by atoms with van der Waals surface area (Å²) in [5.41, 5.74) is -1.55. The number of benzene rings is 1. The molecule has 2 heterocycles. The molecule has 14 heteroatoms. The Morgan fingerprint density at radius 2 is 1.63 bits per heavy atom. The van der Waals surface area contributed by atoms with E-state index in [9.17, 15) is 27.7 Å². The van der Waals surface area contributed by atoms with Gasteiger partial charge in [0.05, 0.1) is 20.5 Å². The molecule has 0 unspecified atom stereocenters. The van der Waals surface area contributed by atoms with Crippen LogP contribution in [0.2, 0.25) is 10.0 Å². The maximum absolute atomic E-state index is 13.3. The van der Waals surface area contributed by atoms with Crippen LogP contribution in [0.15, 0.2) is 36.8 Å². The van der Waals surface area contributed by atoms with E-state index in [1.54, 1.807) is 0 Å². The summed E-state index contributed by atoms with van der Waals surface area (Å²) in [6.07, 6.45) is -3.19. The summed E-state index contributed by atoms with van der Waals surface area (Å²) in [6.45, 7) is 0. The SMILES string of the molecule is O=[N+]([O-])c1c(Nc2ccc(F)c(Cl)c2)ncnc1Nc1ncc(C(F)(F)F)cc1Cl. The number of alkyl halides is 3. The van der Waals surface area contributed by atoms with E-state index in [4.69, 9.17) is 23.2 Å². The van der Waals surface area contributed by atoms with Crippen LogP contribution < -0.4 is 10.6 Å². The van der Waals surface area contributed by atoms with E-state index in [0.29, 0.717) is 12.3 Å². The highest BCUT2D eigenvalue weighted by atomic mass is 35.5. The number of hydrogen-bond acceptors (Lipinski definition) is 7. The lowest BCUT2D eigenvalue weighted by Gasteiger charge is -2.12. The van der Waals surface area contributed by atoms with Gasteiger partial charge >= 0.3 is 11.9 Å². The van der Waals surface area contributed by atoms with Gasteiger partial charge in [-0.25, -0.2) is 19.3 Å². The number of pyridine rings is 1. The molecule has 30 heavy (non-hydrogen) atoms. The highest BCUT2D eigenvalue weighted by Crippen LogP contribution is 2.36. The Bertz CT molecular complexity index is 1130. The minimum Gasteiger partial charge on any atom is -0.334 e. The normalized spacial score (nSPS) is 11.3. The van der Waals surface area contributed by atoms with E-state index >= 15 is 0 Å². The molecule has 0 saturated carbocycles. The average molecular weight is 463 g/mol.